The molecular weight excluding hydrogens is 657 g/mol. The average molecular weight is 705 g/mol. The molecule has 50 heavy (non-hydrogen) atoms. The number of rotatable bonds is 12. The van der Waals surface area contributed by atoms with Crippen LogP contribution in [0.4, 0.5) is 0 Å². The van der Waals surface area contributed by atoms with Gasteiger partial charge in [-0.3, -0.25) is 0 Å². The molecule has 5 rings (SSSR count). The number of methoxy groups -OCH3 is 2. The molecule has 0 aromatic heterocycles. The van der Waals surface area contributed by atoms with Crippen molar-refractivity contribution in [3.8, 4) is 11.5 Å². The van der Waals surface area contributed by atoms with Gasteiger partial charge >= 0.3 is 0 Å². The molecule has 6 nitrogen and oxygen atoms in total. The fraction of sp³-hybridized carbons (Fsp3) is 0.238. The zero-order valence-corrected chi connectivity index (χ0v) is 31.2. The average Bonchev–Trinajstić information content (AvgIpc) is 3.14. The number of hydrogen-bond acceptors (Lipinski definition) is 4. The van der Waals surface area contributed by atoms with Crippen LogP contribution in [-0.2, 0) is 13.0 Å². The summed E-state index contributed by atoms with van der Waals surface area (Å²) in [5.41, 5.74) is 8.24. The van der Waals surface area contributed by atoms with Gasteiger partial charge in [0.05, 0.1) is 26.3 Å². The van der Waals surface area contributed by atoms with Crippen molar-refractivity contribution in [3.05, 3.63) is 166 Å². The van der Waals surface area contributed by atoms with E-state index in [-0.39, 0.29) is 12.1 Å². The van der Waals surface area contributed by atoms with Gasteiger partial charge in [0.15, 0.2) is 10.2 Å². The molecule has 8 heteroatoms. The lowest BCUT2D eigenvalue weighted by Gasteiger charge is -2.22. The monoisotopic (exact) mass is 704 g/mol. The summed E-state index contributed by atoms with van der Waals surface area (Å²) >= 11 is 11.0. The van der Waals surface area contributed by atoms with Crippen LogP contribution < -0.4 is 30.7 Å². The Hall–Kier alpha value is -4.92. The molecule has 1 atom stereocenters. The first kappa shape index (κ1) is 37.9. The minimum absolute atomic E-state index is 0.0101. The summed E-state index contributed by atoms with van der Waals surface area (Å²) in [6, 6.07) is 43.5. The summed E-state index contributed by atoms with van der Waals surface area (Å²) < 4.78 is 10.9. The van der Waals surface area contributed by atoms with Gasteiger partial charge < -0.3 is 30.7 Å². The summed E-state index contributed by atoms with van der Waals surface area (Å²) in [5, 5.41) is 14.6. The number of hydrogen-bond donors (Lipinski definition) is 4. The van der Waals surface area contributed by atoms with E-state index in [0.29, 0.717) is 16.8 Å². The number of ether oxygens (including phenoxy) is 2. The molecule has 4 N–H and O–H groups in total. The highest BCUT2D eigenvalue weighted by Gasteiger charge is 2.15. The minimum atomic E-state index is 0.0101. The highest BCUT2D eigenvalue weighted by molar-refractivity contribution is 7.80. The summed E-state index contributed by atoms with van der Waals surface area (Å²) in [4.78, 5) is 0. The molecule has 0 bridgehead atoms. The second kappa shape index (κ2) is 19.9. The van der Waals surface area contributed by atoms with E-state index in [1.807, 2.05) is 73.7 Å². The van der Waals surface area contributed by atoms with Gasteiger partial charge in [0.2, 0.25) is 0 Å². The maximum absolute atomic E-state index is 5.58. The van der Waals surface area contributed by atoms with Crippen LogP contribution in [0.2, 0.25) is 0 Å². The first-order valence-electron chi connectivity index (χ1n) is 16.8. The molecule has 0 heterocycles. The molecule has 0 aliphatic rings. The Morgan fingerprint density at radius 3 is 1.68 bits per heavy atom. The van der Waals surface area contributed by atoms with Crippen molar-refractivity contribution in [3.63, 3.8) is 0 Å². The summed E-state index contributed by atoms with van der Waals surface area (Å²) in [7, 11) is 3.39. The van der Waals surface area contributed by atoms with E-state index in [0.717, 1.165) is 30.0 Å². The third kappa shape index (κ3) is 11.9. The van der Waals surface area contributed by atoms with Crippen molar-refractivity contribution in [2.24, 2.45) is 0 Å². The zero-order valence-electron chi connectivity index (χ0n) is 29.5. The molecular formula is C42H48N4O2S2. The molecule has 1 unspecified atom stereocenters. The molecule has 0 fully saturated rings. The van der Waals surface area contributed by atoms with Gasteiger partial charge in [-0.05, 0) is 91.6 Å². The van der Waals surface area contributed by atoms with Gasteiger partial charge in [-0.1, -0.05) is 121 Å². The molecule has 0 spiro atoms. The third-order valence-corrected chi connectivity index (χ3v) is 8.71. The van der Waals surface area contributed by atoms with Gasteiger partial charge in [0.25, 0.3) is 0 Å². The number of aryl methyl sites for hydroxylation is 2. The highest BCUT2D eigenvalue weighted by atomic mass is 32.1. The van der Waals surface area contributed by atoms with E-state index in [2.05, 4.69) is 95.8 Å². The number of nitrogens with one attached hydrogen (secondary N) is 4. The van der Waals surface area contributed by atoms with Gasteiger partial charge in [0, 0.05) is 18.7 Å². The van der Waals surface area contributed by atoms with Gasteiger partial charge in [-0.25, -0.2) is 0 Å². The van der Waals surface area contributed by atoms with Crippen LogP contribution in [0, 0.1) is 13.8 Å². The lowest BCUT2D eigenvalue weighted by Crippen LogP contribution is -2.39. The Balaban J connectivity index is 0.000000232. The van der Waals surface area contributed by atoms with E-state index in [4.69, 9.17) is 33.9 Å². The van der Waals surface area contributed by atoms with Crippen LogP contribution >= 0.6 is 24.4 Å². The Labute approximate surface area is 308 Å². The second-order valence-corrected chi connectivity index (χ2v) is 12.8. The van der Waals surface area contributed by atoms with E-state index in [1.165, 1.54) is 33.4 Å². The van der Waals surface area contributed by atoms with Crippen LogP contribution in [0.1, 0.15) is 58.0 Å². The van der Waals surface area contributed by atoms with Gasteiger partial charge in [-0.15, -0.1) is 0 Å². The maximum atomic E-state index is 5.58. The molecule has 0 amide bonds. The molecule has 5 aromatic rings. The molecule has 0 saturated heterocycles. The van der Waals surface area contributed by atoms with Crippen LogP contribution in [0.3, 0.4) is 0 Å². The fourth-order valence-electron chi connectivity index (χ4n) is 5.49. The topological polar surface area (TPSA) is 66.6 Å². The first-order chi connectivity index (χ1) is 24.3. The highest BCUT2D eigenvalue weighted by Crippen LogP contribution is 2.23. The normalized spacial score (nSPS) is 11.0. The quantitative estimate of drug-likeness (QED) is 0.0965. The maximum Gasteiger partial charge on any atom is 0.167 e. The number of benzene rings is 5. The van der Waals surface area contributed by atoms with Crippen LogP contribution in [0.15, 0.2) is 127 Å². The van der Waals surface area contributed by atoms with Gasteiger partial charge in [-0.2, -0.15) is 0 Å². The van der Waals surface area contributed by atoms with Gasteiger partial charge in [0.1, 0.15) is 11.5 Å². The first-order valence-corrected chi connectivity index (χ1v) is 17.6. The minimum Gasteiger partial charge on any atom is -0.496 e. The van der Waals surface area contributed by atoms with E-state index >= 15 is 0 Å². The van der Waals surface area contributed by atoms with E-state index < -0.39 is 0 Å². The van der Waals surface area contributed by atoms with Crippen molar-refractivity contribution in [1.82, 2.24) is 21.3 Å². The van der Waals surface area contributed by atoms with Crippen molar-refractivity contribution in [1.29, 1.82) is 0 Å². The smallest absolute Gasteiger partial charge is 0.167 e. The zero-order chi connectivity index (χ0) is 35.7. The molecule has 0 saturated carbocycles. The van der Waals surface area contributed by atoms with E-state index in [9.17, 15) is 0 Å². The predicted octanol–water partition coefficient (Wildman–Crippen LogP) is 8.53. The van der Waals surface area contributed by atoms with E-state index in [1.54, 1.807) is 14.2 Å². The summed E-state index contributed by atoms with van der Waals surface area (Å²) in [6.45, 7) is 7.61. The van der Waals surface area contributed by atoms with Crippen molar-refractivity contribution in [2.45, 2.75) is 45.8 Å². The fourth-order valence-corrected chi connectivity index (χ4v) is 5.96. The van der Waals surface area contributed by atoms with Crippen molar-refractivity contribution < 1.29 is 9.47 Å². The Morgan fingerprint density at radius 1 is 0.580 bits per heavy atom. The lowest BCUT2D eigenvalue weighted by atomic mass is 9.99. The van der Waals surface area contributed by atoms with Crippen LogP contribution in [0.5, 0.6) is 11.5 Å². The molecule has 260 valence electrons. The Bertz CT molecular complexity index is 1750. The molecule has 0 radical (unpaired) electrons. The van der Waals surface area contributed by atoms with Crippen molar-refractivity contribution in [2.75, 3.05) is 20.8 Å². The van der Waals surface area contributed by atoms with Crippen molar-refractivity contribution >= 4 is 34.7 Å². The largest absolute Gasteiger partial charge is 0.496 e. The standard InChI is InChI=1S/C24H26N2OS.C18H22N2OS/c1-18-13-14-22(27-2)21(17-18)15-16-25-24(28)26-23(19-9-5-3-6-10-19)20-11-7-4-8-12-20;1-13-9-10-16(17(11-13)21-3)12-19-18(22)20-14(2)15-7-5-4-6-8-15/h3-14,17,23H,15-16H2,1-2H3,(H2,25,26,28);4-11,14H,12H2,1-3H3,(H2,19,20,22). The van der Waals surface area contributed by atoms with Crippen LogP contribution in [-0.4, -0.2) is 31.0 Å². The summed E-state index contributed by atoms with van der Waals surface area (Å²) in [6.07, 6.45) is 0.841. The predicted molar refractivity (Wildman–Crippen MR) is 215 cm³/mol. The third-order valence-electron chi connectivity index (χ3n) is 8.19. The second-order valence-electron chi connectivity index (χ2n) is 12.0. The molecule has 5 aromatic carbocycles. The van der Waals surface area contributed by atoms with Crippen LogP contribution in [0.25, 0.3) is 0 Å². The summed E-state index contributed by atoms with van der Waals surface area (Å²) in [5.74, 6) is 1.80. The Kier molecular flexibility index (Phi) is 15.1. The Morgan fingerprint density at radius 2 is 1.10 bits per heavy atom. The SMILES string of the molecule is COc1cc(C)ccc1CNC(=S)NC(C)c1ccccc1.COc1ccc(C)cc1CCNC(=S)NC(c1ccccc1)c1ccccc1. The lowest BCUT2D eigenvalue weighted by molar-refractivity contribution is 0.408. The number of thiocarbonyl (C=S) groups is 2. The molecule has 0 aliphatic carbocycles. The molecule has 0 aliphatic heterocycles.